The van der Waals surface area contributed by atoms with Crippen LogP contribution in [0.4, 0.5) is 0 Å². The molecule has 1 aromatic heterocycles. The van der Waals surface area contributed by atoms with Gasteiger partial charge in [0, 0.05) is 45.8 Å². The molecule has 3 heterocycles. The molecule has 2 aliphatic heterocycles. The summed E-state index contributed by atoms with van der Waals surface area (Å²) in [6.45, 7) is 8.12. The number of benzene rings is 1. The van der Waals surface area contributed by atoms with E-state index >= 15 is 0 Å². The largest absolute Gasteiger partial charge is 0.377 e. The summed E-state index contributed by atoms with van der Waals surface area (Å²) in [5.74, 6) is 2.70. The molecule has 2 aliphatic rings. The van der Waals surface area contributed by atoms with Gasteiger partial charge in [0.15, 0.2) is 11.8 Å². The molecule has 4 rings (SSSR count). The van der Waals surface area contributed by atoms with Gasteiger partial charge in [-0.1, -0.05) is 24.3 Å². The summed E-state index contributed by atoms with van der Waals surface area (Å²) in [5, 5.41) is 11.5. The lowest BCUT2D eigenvalue weighted by atomic mass is 10.00. The molecular weight excluding hydrogens is 378 g/mol. The minimum absolute atomic E-state index is 0.300. The number of nitrogens with one attached hydrogen (secondary N) is 2. The van der Waals surface area contributed by atoms with Crippen LogP contribution in [0, 0.1) is 0 Å². The van der Waals surface area contributed by atoms with Crippen molar-refractivity contribution in [2.45, 2.75) is 51.9 Å². The van der Waals surface area contributed by atoms with Crippen molar-refractivity contribution >= 4 is 5.96 Å². The summed E-state index contributed by atoms with van der Waals surface area (Å²) in [4.78, 5) is 11.9. The fourth-order valence-corrected chi connectivity index (χ4v) is 4.23. The maximum atomic E-state index is 5.16. The highest BCUT2D eigenvalue weighted by Crippen LogP contribution is 2.18. The van der Waals surface area contributed by atoms with Crippen LogP contribution in [0.1, 0.15) is 36.1 Å². The van der Waals surface area contributed by atoms with Crippen molar-refractivity contribution in [3.63, 3.8) is 0 Å². The van der Waals surface area contributed by atoms with Crippen molar-refractivity contribution in [1.29, 1.82) is 0 Å². The first-order chi connectivity index (χ1) is 14.7. The van der Waals surface area contributed by atoms with E-state index in [4.69, 9.17) is 9.73 Å². The third-order valence-electron chi connectivity index (χ3n) is 5.76. The monoisotopic (exact) mass is 411 g/mol. The first-order valence-electron chi connectivity index (χ1n) is 11.0. The number of nitrogens with zero attached hydrogens (tertiary/aromatic N) is 5. The Bertz CT molecular complexity index is 863. The van der Waals surface area contributed by atoms with Crippen molar-refractivity contribution in [3.8, 4) is 0 Å². The van der Waals surface area contributed by atoms with E-state index in [1.165, 1.54) is 11.1 Å². The fraction of sp³-hybridized carbons (Fsp3) is 0.591. The Hall–Kier alpha value is -2.45. The second-order valence-electron chi connectivity index (χ2n) is 7.99. The number of hydrogen-bond acceptors (Lipinski definition) is 5. The molecule has 0 saturated heterocycles. The van der Waals surface area contributed by atoms with Crippen LogP contribution < -0.4 is 10.6 Å². The van der Waals surface area contributed by atoms with Gasteiger partial charge in [0.1, 0.15) is 12.4 Å². The van der Waals surface area contributed by atoms with E-state index in [2.05, 4.69) is 56.8 Å². The predicted molar refractivity (Wildman–Crippen MR) is 117 cm³/mol. The average molecular weight is 412 g/mol. The maximum absolute atomic E-state index is 5.16. The van der Waals surface area contributed by atoms with Crippen molar-refractivity contribution in [2.24, 2.45) is 4.99 Å². The molecule has 1 unspecified atom stereocenters. The van der Waals surface area contributed by atoms with Gasteiger partial charge in [-0.05, 0) is 30.9 Å². The Morgan fingerprint density at radius 2 is 2.13 bits per heavy atom. The highest BCUT2D eigenvalue weighted by molar-refractivity contribution is 5.80. The SMILES string of the molecule is CCNC(=NCCN1CCc2ccccc2C1)NC1CCc2nc(COC)nn2C1. The molecule has 0 amide bonds. The number of rotatable bonds is 7. The molecule has 0 aliphatic carbocycles. The summed E-state index contributed by atoms with van der Waals surface area (Å²) >= 11 is 0. The van der Waals surface area contributed by atoms with Gasteiger partial charge in [0.25, 0.3) is 0 Å². The number of aryl methyl sites for hydroxylation is 1. The number of aromatic nitrogens is 3. The van der Waals surface area contributed by atoms with E-state index in [9.17, 15) is 0 Å². The van der Waals surface area contributed by atoms with Crippen LogP contribution in [-0.4, -0.2) is 65.0 Å². The van der Waals surface area contributed by atoms with E-state index in [0.717, 1.165) is 76.1 Å². The molecule has 162 valence electrons. The summed E-state index contributed by atoms with van der Waals surface area (Å²) in [6, 6.07) is 9.07. The van der Waals surface area contributed by atoms with E-state index in [-0.39, 0.29) is 0 Å². The number of aliphatic imine (C=N–C) groups is 1. The molecule has 0 saturated carbocycles. The normalized spacial score (nSPS) is 19.3. The quantitative estimate of drug-likeness (QED) is 0.529. The lowest BCUT2D eigenvalue weighted by molar-refractivity contribution is 0.177. The molecule has 0 fully saturated rings. The third kappa shape index (κ3) is 5.17. The number of fused-ring (bicyclic) bond motifs is 2. The van der Waals surface area contributed by atoms with Gasteiger partial charge in [-0.25, -0.2) is 9.67 Å². The Labute approximate surface area is 178 Å². The Balaban J connectivity index is 1.30. The molecule has 0 spiro atoms. The van der Waals surface area contributed by atoms with E-state index in [0.29, 0.717) is 12.6 Å². The number of guanidine groups is 1. The highest BCUT2D eigenvalue weighted by Gasteiger charge is 2.22. The first-order valence-corrected chi connectivity index (χ1v) is 11.0. The summed E-state index contributed by atoms with van der Waals surface area (Å²) < 4.78 is 7.16. The molecule has 30 heavy (non-hydrogen) atoms. The van der Waals surface area contributed by atoms with Gasteiger partial charge >= 0.3 is 0 Å². The molecular formula is C22H33N7O. The van der Waals surface area contributed by atoms with Crippen molar-refractivity contribution < 1.29 is 4.74 Å². The molecule has 8 nitrogen and oxygen atoms in total. The van der Waals surface area contributed by atoms with Crippen molar-refractivity contribution in [3.05, 3.63) is 47.0 Å². The van der Waals surface area contributed by atoms with Gasteiger partial charge in [-0.2, -0.15) is 5.10 Å². The fourth-order valence-electron chi connectivity index (χ4n) is 4.23. The second-order valence-corrected chi connectivity index (χ2v) is 7.99. The topological polar surface area (TPSA) is 79.6 Å². The van der Waals surface area contributed by atoms with Crippen LogP contribution in [0.3, 0.4) is 0 Å². The van der Waals surface area contributed by atoms with E-state index < -0.39 is 0 Å². The van der Waals surface area contributed by atoms with Crippen LogP contribution in [0.25, 0.3) is 0 Å². The molecule has 8 heteroatoms. The minimum atomic E-state index is 0.300. The van der Waals surface area contributed by atoms with E-state index in [1.807, 2.05) is 4.68 Å². The molecule has 0 bridgehead atoms. The van der Waals surface area contributed by atoms with Crippen LogP contribution >= 0.6 is 0 Å². The van der Waals surface area contributed by atoms with Gasteiger partial charge in [-0.15, -0.1) is 0 Å². The Kier molecular flexibility index (Phi) is 6.96. The summed E-state index contributed by atoms with van der Waals surface area (Å²) in [7, 11) is 1.67. The third-order valence-corrected chi connectivity index (χ3v) is 5.76. The van der Waals surface area contributed by atoms with Gasteiger partial charge in [0.05, 0.1) is 13.1 Å². The smallest absolute Gasteiger partial charge is 0.191 e. The molecule has 1 atom stereocenters. The van der Waals surface area contributed by atoms with Crippen LogP contribution in [0.5, 0.6) is 0 Å². The molecule has 0 radical (unpaired) electrons. The second kappa shape index (κ2) is 10.0. The van der Waals surface area contributed by atoms with E-state index in [1.54, 1.807) is 7.11 Å². The minimum Gasteiger partial charge on any atom is -0.377 e. The Morgan fingerprint density at radius 1 is 1.27 bits per heavy atom. The zero-order chi connectivity index (χ0) is 20.8. The Morgan fingerprint density at radius 3 is 2.97 bits per heavy atom. The lowest BCUT2D eigenvalue weighted by Crippen LogP contribution is -2.47. The van der Waals surface area contributed by atoms with Gasteiger partial charge in [-0.3, -0.25) is 9.89 Å². The number of ether oxygens (including phenoxy) is 1. The van der Waals surface area contributed by atoms with Crippen LogP contribution in [0.15, 0.2) is 29.3 Å². The molecule has 1 aromatic carbocycles. The summed E-state index contributed by atoms with van der Waals surface area (Å²) in [5.41, 5.74) is 2.95. The molecule has 2 aromatic rings. The van der Waals surface area contributed by atoms with Crippen molar-refractivity contribution in [1.82, 2.24) is 30.3 Å². The average Bonchev–Trinajstić information content (AvgIpc) is 3.16. The van der Waals surface area contributed by atoms with Crippen molar-refractivity contribution in [2.75, 3.05) is 33.3 Å². The lowest BCUT2D eigenvalue weighted by Gasteiger charge is -2.28. The summed E-state index contributed by atoms with van der Waals surface area (Å²) in [6.07, 6.45) is 3.07. The number of hydrogen-bond donors (Lipinski definition) is 2. The van der Waals surface area contributed by atoms with Crippen LogP contribution in [0.2, 0.25) is 0 Å². The van der Waals surface area contributed by atoms with Crippen LogP contribution in [-0.2, 0) is 37.3 Å². The zero-order valence-electron chi connectivity index (χ0n) is 18.1. The standard InChI is InChI=1S/C22H33N7O/c1-3-23-22(24-11-13-28-12-10-17-6-4-5-7-18(17)14-28)25-19-8-9-21-26-20(16-30-2)27-29(21)15-19/h4-7,19H,3,8-16H2,1-2H3,(H2,23,24,25). The predicted octanol–water partition coefficient (Wildman–Crippen LogP) is 1.35. The zero-order valence-corrected chi connectivity index (χ0v) is 18.1. The van der Waals surface area contributed by atoms with Gasteiger partial charge in [0.2, 0.25) is 0 Å². The number of methoxy groups -OCH3 is 1. The van der Waals surface area contributed by atoms with Gasteiger partial charge < -0.3 is 15.4 Å². The molecule has 2 N–H and O–H groups in total. The maximum Gasteiger partial charge on any atom is 0.191 e. The highest BCUT2D eigenvalue weighted by atomic mass is 16.5. The first kappa shape index (κ1) is 20.8.